The van der Waals surface area contributed by atoms with Crippen LogP contribution in [0.5, 0.6) is 5.75 Å². The third-order valence-corrected chi connectivity index (χ3v) is 3.49. The Morgan fingerprint density at radius 3 is 2.86 bits per heavy atom. The molecule has 0 amide bonds. The van der Waals surface area contributed by atoms with E-state index in [0.717, 1.165) is 11.4 Å². The van der Waals surface area contributed by atoms with Gasteiger partial charge in [-0.15, -0.1) is 0 Å². The zero-order valence-electron chi connectivity index (χ0n) is 13.1. The van der Waals surface area contributed by atoms with Crippen LogP contribution in [0.4, 0.5) is 11.4 Å². The molecule has 116 valence electrons. The molecule has 1 aromatic carbocycles. The highest BCUT2D eigenvalue weighted by Crippen LogP contribution is 2.39. The Morgan fingerprint density at radius 1 is 1.52 bits per heavy atom. The lowest BCUT2D eigenvalue weighted by Crippen LogP contribution is -2.49. The van der Waals surface area contributed by atoms with Gasteiger partial charge in [0, 0.05) is 0 Å². The second-order valence-corrected chi connectivity index (χ2v) is 5.68. The van der Waals surface area contributed by atoms with E-state index in [4.69, 9.17) is 15.2 Å². The highest BCUT2D eigenvalue weighted by Gasteiger charge is 2.34. The van der Waals surface area contributed by atoms with Crippen LogP contribution in [0.15, 0.2) is 18.2 Å². The molecule has 0 spiro atoms. The number of ether oxygens (including phenoxy) is 2. The molecular weight excluding hydrogens is 268 g/mol. The number of carbonyl (C=O) groups excluding carboxylic acids is 1. The van der Waals surface area contributed by atoms with Crippen LogP contribution in [0.3, 0.4) is 0 Å². The number of benzene rings is 1. The second kappa shape index (κ2) is 6.24. The lowest BCUT2D eigenvalue weighted by atomic mass is 10.1. The molecule has 0 aliphatic carbocycles. The molecule has 0 radical (unpaired) electrons. The predicted molar refractivity (Wildman–Crippen MR) is 83.6 cm³/mol. The van der Waals surface area contributed by atoms with Gasteiger partial charge in [-0.05, 0) is 39.3 Å². The Labute approximate surface area is 126 Å². The first-order valence-electron chi connectivity index (χ1n) is 7.46. The minimum Gasteiger partial charge on any atom is -0.487 e. The molecule has 2 unspecified atom stereocenters. The third-order valence-electron chi connectivity index (χ3n) is 3.49. The molecule has 2 N–H and O–H groups in total. The van der Waals surface area contributed by atoms with E-state index in [0.29, 0.717) is 18.7 Å². The van der Waals surface area contributed by atoms with E-state index >= 15 is 0 Å². The van der Waals surface area contributed by atoms with Gasteiger partial charge in [-0.25, -0.2) is 4.79 Å². The molecule has 2 atom stereocenters. The van der Waals surface area contributed by atoms with Gasteiger partial charge < -0.3 is 20.1 Å². The van der Waals surface area contributed by atoms with E-state index in [2.05, 4.69) is 0 Å². The zero-order valence-corrected chi connectivity index (χ0v) is 13.1. The van der Waals surface area contributed by atoms with Gasteiger partial charge in [0.15, 0.2) is 0 Å². The monoisotopic (exact) mass is 292 g/mol. The minimum absolute atomic E-state index is 0.000185. The molecule has 5 nitrogen and oxygen atoms in total. The second-order valence-electron chi connectivity index (χ2n) is 5.68. The number of hydrogen-bond acceptors (Lipinski definition) is 5. The summed E-state index contributed by atoms with van der Waals surface area (Å²) in [5.74, 6) is 0.514. The van der Waals surface area contributed by atoms with Crippen molar-refractivity contribution in [2.45, 2.75) is 52.4 Å². The average Bonchev–Trinajstić information content (AvgIpc) is 2.38. The summed E-state index contributed by atoms with van der Waals surface area (Å²) in [7, 11) is 0. The third kappa shape index (κ3) is 3.23. The number of hydrogen-bond donors (Lipinski definition) is 1. The van der Waals surface area contributed by atoms with Crippen molar-refractivity contribution in [3.8, 4) is 5.75 Å². The van der Waals surface area contributed by atoms with Gasteiger partial charge in [0.25, 0.3) is 0 Å². The maximum atomic E-state index is 12.4. The normalized spacial score (nSPS) is 18.9. The lowest BCUT2D eigenvalue weighted by Gasteiger charge is -2.39. The van der Waals surface area contributed by atoms with E-state index in [1.807, 2.05) is 50.8 Å². The maximum Gasteiger partial charge on any atom is 0.329 e. The first-order chi connectivity index (χ1) is 9.93. The van der Waals surface area contributed by atoms with Gasteiger partial charge in [0.05, 0.1) is 18.3 Å². The van der Waals surface area contributed by atoms with Crippen LogP contribution in [0.2, 0.25) is 0 Å². The summed E-state index contributed by atoms with van der Waals surface area (Å²) >= 11 is 0. The first kappa shape index (κ1) is 15.5. The molecular formula is C16H24N2O3. The lowest BCUT2D eigenvalue weighted by molar-refractivity contribution is -0.149. The number of rotatable bonds is 4. The summed E-state index contributed by atoms with van der Waals surface area (Å²) in [6, 6.07) is 5.22. The van der Waals surface area contributed by atoms with Crippen LogP contribution < -0.4 is 15.4 Å². The van der Waals surface area contributed by atoms with Crippen LogP contribution in [0, 0.1) is 0 Å². The molecule has 1 aromatic rings. The summed E-state index contributed by atoms with van der Waals surface area (Å²) in [4.78, 5) is 14.4. The first-order valence-corrected chi connectivity index (χ1v) is 7.46. The summed E-state index contributed by atoms with van der Waals surface area (Å²) in [6.07, 6.45) is 0.532. The van der Waals surface area contributed by atoms with Gasteiger partial charge in [-0.2, -0.15) is 0 Å². The van der Waals surface area contributed by atoms with Crippen molar-refractivity contribution in [1.82, 2.24) is 0 Å². The molecule has 5 heteroatoms. The topological polar surface area (TPSA) is 64.8 Å². The molecule has 0 fully saturated rings. The van der Waals surface area contributed by atoms with Gasteiger partial charge in [0.1, 0.15) is 23.6 Å². The van der Waals surface area contributed by atoms with Gasteiger partial charge >= 0.3 is 5.97 Å². The van der Waals surface area contributed by atoms with E-state index in [9.17, 15) is 4.79 Å². The highest BCUT2D eigenvalue weighted by molar-refractivity contribution is 5.85. The van der Waals surface area contributed by atoms with E-state index < -0.39 is 0 Å². The molecule has 1 aliphatic rings. The van der Waals surface area contributed by atoms with Crippen molar-refractivity contribution in [2.75, 3.05) is 17.2 Å². The van der Waals surface area contributed by atoms with Crippen molar-refractivity contribution in [3.05, 3.63) is 18.2 Å². The van der Waals surface area contributed by atoms with E-state index in [1.54, 1.807) is 0 Å². The molecule has 0 bridgehead atoms. The fourth-order valence-corrected chi connectivity index (χ4v) is 2.67. The fourth-order valence-electron chi connectivity index (χ4n) is 2.67. The molecule has 2 rings (SSSR count). The van der Waals surface area contributed by atoms with Crippen molar-refractivity contribution in [1.29, 1.82) is 0 Å². The summed E-state index contributed by atoms with van der Waals surface area (Å²) in [5, 5.41) is 0. The molecule has 0 saturated heterocycles. The van der Waals surface area contributed by atoms with Gasteiger partial charge in [-0.1, -0.05) is 13.0 Å². The van der Waals surface area contributed by atoms with Crippen LogP contribution in [-0.2, 0) is 9.53 Å². The number of para-hydroxylation sites is 1. The van der Waals surface area contributed by atoms with Crippen LogP contribution in [0.25, 0.3) is 0 Å². The Balaban J connectivity index is 2.36. The quantitative estimate of drug-likeness (QED) is 0.682. The van der Waals surface area contributed by atoms with Crippen LogP contribution in [0.1, 0.15) is 34.1 Å². The number of nitrogen functional groups attached to an aromatic ring is 1. The summed E-state index contributed by atoms with van der Waals surface area (Å²) < 4.78 is 11.2. The Kier molecular flexibility index (Phi) is 4.60. The predicted octanol–water partition coefficient (Wildman–Crippen LogP) is 2.59. The highest BCUT2D eigenvalue weighted by atomic mass is 16.5. The van der Waals surface area contributed by atoms with Crippen LogP contribution >= 0.6 is 0 Å². The van der Waals surface area contributed by atoms with E-state index in [1.165, 1.54) is 0 Å². The number of nitrogens with zero attached hydrogens (tertiary/aromatic N) is 1. The van der Waals surface area contributed by atoms with Gasteiger partial charge in [-0.3, -0.25) is 0 Å². The average molecular weight is 292 g/mol. The van der Waals surface area contributed by atoms with Crippen molar-refractivity contribution >= 4 is 17.3 Å². The molecule has 0 aromatic heterocycles. The standard InChI is InChI=1S/C16H24N2O3/c1-5-13(16(19)20-10(2)3)18-9-11(4)21-14-8-6-7-12(17)15(14)18/h6-8,10-11,13H,5,9,17H2,1-4H3. The van der Waals surface area contributed by atoms with Crippen LogP contribution in [-0.4, -0.2) is 30.8 Å². The van der Waals surface area contributed by atoms with E-state index in [-0.39, 0.29) is 24.2 Å². The molecule has 1 aliphatic heterocycles. The Morgan fingerprint density at radius 2 is 2.24 bits per heavy atom. The number of carbonyl (C=O) groups is 1. The number of esters is 1. The fraction of sp³-hybridized carbons (Fsp3) is 0.562. The summed E-state index contributed by atoms with van der Waals surface area (Å²) in [6.45, 7) is 8.29. The SMILES string of the molecule is CCC(C(=O)OC(C)C)N1CC(C)Oc2cccc(N)c21. The maximum absolute atomic E-state index is 12.4. The van der Waals surface area contributed by atoms with Crippen molar-refractivity contribution in [2.24, 2.45) is 0 Å². The largest absolute Gasteiger partial charge is 0.487 e. The van der Waals surface area contributed by atoms with Crippen molar-refractivity contribution in [3.63, 3.8) is 0 Å². The molecule has 21 heavy (non-hydrogen) atoms. The Bertz CT molecular complexity index is 516. The number of nitrogens with two attached hydrogens (primary N) is 1. The number of anilines is 2. The smallest absolute Gasteiger partial charge is 0.329 e. The summed E-state index contributed by atoms with van der Waals surface area (Å²) in [5.41, 5.74) is 7.51. The minimum atomic E-state index is -0.345. The van der Waals surface area contributed by atoms with Crippen molar-refractivity contribution < 1.29 is 14.3 Å². The molecule has 1 heterocycles. The zero-order chi connectivity index (χ0) is 15.6. The number of fused-ring (bicyclic) bond motifs is 1. The van der Waals surface area contributed by atoms with Gasteiger partial charge in [0.2, 0.25) is 0 Å². The Hall–Kier alpha value is -1.91. The molecule has 0 saturated carbocycles.